The summed E-state index contributed by atoms with van der Waals surface area (Å²) in [4.78, 5) is 17.2. The van der Waals surface area contributed by atoms with Crippen LogP contribution < -0.4 is 5.73 Å². The van der Waals surface area contributed by atoms with Crippen molar-refractivity contribution in [1.29, 1.82) is 0 Å². The predicted octanol–water partition coefficient (Wildman–Crippen LogP) is 2.88. The minimum absolute atomic E-state index is 0. The Labute approximate surface area is 163 Å². The van der Waals surface area contributed by atoms with Gasteiger partial charge >= 0.3 is 0 Å². The fraction of sp³-hybridized carbons (Fsp3) is 0.632. The lowest BCUT2D eigenvalue weighted by Crippen LogP contribution is -2.60. The summed E-state index contributed by atoms with van der Waals surface area (Å²) in [5, 5.41) is 0. The summed E-state index contributed by atoms with van der Waals surface area (Å²) in [5.41, 5.74) is 7.20. The van der Waals surface area contributed by atoms with Gasteiger partial charge in [-0.3, -0.25) is 9.69 Å². The van der Waals surface area contributed by atoms with E-state index in [4.69, 9.17) is 5.73 Å². The standard InChI is InChI=1S/C19H29N3O.2ClH/c20-19(10-5-2-6-11-19)18(23)22-15-13-21(14-16-22)12-9-17-7-3-1-4-8-17;;/h1,3-4,7-8H,2,5-6,9-16,20H2;2*1H. The molecule has 1 aliphatic carbocycles. The molecule has 1 aromatic rings. The van der Waals surface area contributed by atoms with Crippen molar-refractivity contribution < 1.29 is 4.79 Å². The quantitative estimate of drug-likeness (QED) is 0.863. The predicted molar refractivity (Wildman–Crippen MR) is 108 cm³/mol. The van der Waals surface area contributed by atoms with Crippen LogP contribution in [0.1, 0.15) is 37.7 Å². The minimum Gasteiger partial charge on any atom is -0.339 e. The molecule has 0 aromatic heterocycles. The second kappa shape index (κ2) is 10.4. The van der Waals surface area contributed by atoms with Crippen molar-refractivity contribution in [3.63, 3.8) is 0 Å². The van der Waals surface area contributed by atoms with E-state index in [1.807, 2.05) is 4.90 Å². The fourth-order valence-corrected chi connectivity index (χ4v) is 3.82. The second-order valence-corrected chi connectivity index (χ2v) is 7.09. The Kier molecular flexibility index (Phi) is 9.22. The first-order chi connectivity index (χ1) is 11.2. The van der Waals surface area contributed by atoms with E-state index >= 15 is 0 Å². The molecule has 0 atom stereocenters. The molecular formula is C19H31Cl2N3O. The molecule has 0 unspecified atom stereocenters. The molecule has 2 aliphatic rings. The summed E-state index contributed by atoms with van der Waals surface area (Å²) in [6, 6.07) is 10.6. The molecule has 142 valence electrons. The van der Waals surface area contributed by atoms with Gasteiger partial charge in [0.2, 0.25) is 5.91 Å². The van der Waals surface area contributed by atoms with Gasteiger partial charge in [-0.15, -0.1) is 24.8 Å². The number of benzene rings is 1. The highest BCUT2D eigenvalue weighted by atomic mass is 35.5. The number of halogens is 2. The van der Waals surface area contributed by atoms with E-state index in [1.54, 1.807) is 0 Å². The van der Waals surface area contributed by atoms with Gasteiger partial charge in [0.25, 0.3) is 0 Å². The van der Waals surface area contributed by atoms with E-state index in [0.717, 1.165) is 64.8 Å². The zero-order chi connectivity index (χ0) is 16.1. The van der Waals surface area contributed by atoms with Crippen LogP contribution in [0.5, 0.6) is 0 Å². The van der Waals surface area contributed by atoms with Crippen LogP contribution >= 0.6 is 24.8 Å². The van der Waals surface area contributed by atoms with Gasteiger partial charge in [0.05, 0.1) is 5.54 Å². The van der Waals surface area contributed by atoms with Gasteiger partial charge in [-0.2, -0.15) is 0 Å². The van der Waals surface area contributed by atoms with Gasteiger partial charge < -0.3 is 10.6 Å². The van der Waals surface area contributed by atoms with E-state index < -0.39 is 5.54 Å². The van der Waals surface area contributed by atoms with Crippen molar-refractivity contribution in [2.45, 2.75) is 44.1 Å². The summed E-state index contributed by atoms with van der Waals surface area (Å²) >= 11 is 0. The molecule has 1 saturated carbocycles. The van der Waals surface area contributed by atoms with Crippen molar-refractivity contribution in [3.8, 4) is 0 Å². The Morgan fingerprint density at radius 3 is 2.16 bits per heavy atom. The van der Waals surface area contributed by atoms with E-state index in [1.165, 1.54) is 12.0 Å². The average molecular weight is 388 g/mol. The number of hydrogen-bond donors (Lipinski definition) is 1. The molecule has 4 nitrogen and oxygen atoms in total. The highest BCUT2D eigenvalue weighted by molar-refractivity contribution is 5.86. The van der Waals surface area contributed by atoms with Gasteiger partial charge in [0.15, 0.2) is 0 Å². The first-order valence-corrected chi connectivity index (χ1v) is 9.02. The number of nitrogens with zero attached hydrogens (tertiary/aromatic N) is 2. The molecule has 2 N–H and O–H groups in total. The summed E-state index contributed by atoms with van der Waals surface area (Å²) in [6.07, 6.45) is 6.22. The average Bonchev–Trinajstić information content (AvgIpc) is 2.61. The molecule has 0 radical (unpaired) electrons. The molecule has 6 heteroatoms. The van der Waals surface area contributed by atoms with Gasteiger partial charge in [0.1, 0.15) is 0 Å². The van der Waals surface area contributed by atoms with Gasteiger partial charge in [-0.25, -0.2) is 0 Å². The van der Waals surface area contributed by atoms with Crippen LogP contribution in [-0.4, -0.2) is 54.0 Å². The molecule has 1 aromatic carbocycles. The first kappa shape index (κ1) is 22.2. The highest BCUT2D eigenvalue weighted by Crippen LogP contribution is 2.28. The van der Waals surface area contributed by atoms with Crippen LogP contribution in [0.25, 0.3) is 0 Å². The van der Waals surface area contributed by atoms with Crippen LogP contribution in [-0.2, 0) is 11.2 Å². The Bertz CT molecular complexity index is 513. The third-order valence-electron chi connectivity index (χ3n) is 5.39. The maximum absolute atomic E-state index is 12.7. The van der Waals surface area contributed by atoms with Crippen molar-refractivity contribution in [1.82, 2.24) is 9.80 Å². The Hall–Kier alpha value is -0.810. The maximum Gasteiger partial charge on any atom is 0.242 e. The lowest BCUT2D eigenvalue weighted by molar-refractivity contribution is -0.140. The molecule has 2 fully saturated rings. The van der Waals surface area contributed by atoms with E-state index in [2.05, 4.69) is 35.2 Å². The lowest BCUT2D eigenvalue weighted by atomic mass is 9.81. The van der Waals surface area contributed by atoms with Gasteiger partial charge in [-0.1, -0.05) is 49.6 Å². The largest absolute Gasteiger partial charge is 0.339 e. The van der Waals surface area contributed by atoms with Crippen LogP contribution in [0, 0.1) is 0 Å². The Morgan fingerprint density at radius 1 is 0.960 bits per heavy atom. The van der Waals surface area contributed by atoms with E-state index in [0.29, 0.717) is 0 Å². The van der Waals surface area contributed by atoms with Crippen LogP contribution in [0.15, 0.2) is 30.3 Å². The number of carbonyl (C=O) groups is 1. The minimum atomic E-state index is -0.579. The molecule has 0 bridgehead atoms. The third-order valence-corrected chi connectivity index (χ3v) is 5.39. The van der Waals surface area contributed by atoms with Gasteiger partial charge in [0, 0.05) is 32.7 Å². The number of nitrogens with two attached hydrogens (primary N) is 1. The summed E-state index contributed by atoms with van der Waals surface area (Å²) in [5.74, 6) is 0.194. The van der Waals surface area contributed by atoms with E-state index in [9.17, 15) is 4.79 Å². The number of carbonyl (C=O) groups excluding carboxylic acids is 1. The molecule has 0 spiro atoms. The third kappa shape index (κ3) is 5.85. The van der Waals surface area contributed by atoms with Crippen LogP contribution in [0.3, 0.4) is 0 Å². The monoisotopic (exact) mass is 387 g/mol. The maximum atomic E-state index is 12.7. The van der Waals surface area contributed by atoms with E-state index in [-0.39, 0.29) is 30.7 Å². The molecule has 1 saturated heterocycles. The SMILES string of the molecule is Cl.Cl.NC1(C(=O)N2CCN(CCc3ccccc3)CC2)CCCCC1. The van der Waals surface area contributed by atoms with Crippen LogP contribution in [0.2, 0.25) is 0 Å². The Balaban J connectivity index is 0.00000156. The Morgan fingerprint density at radius 2 is 1.56 bits per heavy atom. The van der Waals surface area contributed by atoms with Crippen molar-refractivity contribution >= 4 is 30.7 Å². The molecule has 1 heterocycles. The number of hydrogen-bond acceptors (Lipinski definition) is 3. The lowest BCUT2D eigenvalue weighted by Gasteiger charge is -2.41. The molecule has 25 heavy (non-hydrogen) atoms. The molecular weight excluding hydrogens is 357 g/mol. The molecule has 3 rings (SSSR count). The highest BCUT2D eigenvalue weighted by Gasteiger charge is 2.39. The summed E-state index contributed by atoms with van der Waals surface area (Å²) < 4.78 is 0. The fourth-order valence-electron chi connectivity index (χ4n) is 3.82. The van der Waals surface area contributed by atoms with Crippen molar-refractivity contribution in [2.75, 3.05) is 32.7 Å². The smallest absolute Gasteiger partial charge is 0.242 e. The summed E-state index contributed by atoms with van der Waals surface area (Å²) in [7, 11) is 0. The normalized spacial score (nSPS) is 20.3. The van der Waals surface area contributed by atoms with Gasteiger partial charge in [-0.05, 0) is 24.8 Å². The van der Waals surface area contributed by atoms with Crippen LogP contribution in [0.4, 0.5) is 0 Å². The molecule has 1 amide bonds. The number of piperazine rings is 1. The first-order valence-electron chi connectivity index (χ1n) is 9.02. The zero-order valence-electron chi connectivity index (χ0n) is 14.9. The number of rotatable bonds is 4. The summed E-state index contributed by atoms with van der Waals surface area (Å²) in [6.45, 7) is 4.66. The van der Waals surface area contributed by atoms with Crippen molar-refractivity contribution in [3.05, 3.63) is 35.9 Å². The number of amides is 1. The van der Waals surface area contributed by atoms with Crippen molar-refractivity contribution in [2.24, 2.45) is 5.73 Å². The topological polar surface area (TPSA) is 49.6 Å². The second-order valence-electron chi connectivity index (χ2n) is 7.09. The molecule has 1 aliphatic heterocycles. The zero-order valence-corrected chi connectivity index (χ0v) is 16.5.